The number of Topliss-reactive ketones (excluding diaryl/α,β-unsaturated/α-hetero) is 1. The third-order valence-corrected chi connectivity index (χ3v) is 5.18. The summed E-state index contributed by atoms with van der Waals surface area (Å²) in [6, 6.07) is 8.35. The highest BCUT2D eigenvalue weighted by Gasteiger charge is 2.46. The zero-order chi connectivity index (χ0) is 20.7. The average Bonchev–Trinajstić information content (AvgIpc) is 3.26. The summed E-state index contributed by atoms with van der Waals surface area (Å²) in [5, 5.41) is 11.1. The molecule has 4 rings (SSSR count). The molecule has 0 radical (unpaired) electrons. The van der Waals surface area contributed by atoms with Gasteiger partial charge in [-0.1, -0.05) is 29.3 Å². The van der Waals surface area contributed by atoms with Crippen LogP contribution in [0.15, 0.2) is 64.5 Å². The Morgan fingerprint density at radius 3 is 2.48 bits per heavy atom. The number of aliphatic hydroxyl groups is 1. The van der Waals surface area contributed by atoms with Crippen molar-refractivity contribution < 1.29 is 19.1 Å². The summed E-state index contributed by atoms with van der Waals surface area (Å²) in [4.78, 5) is 35.4. The Morgan fingerprint density at radius 2 is 1.86 bits per heavy atom. The number of benzene rings is 1. The third-order valence-electron chi connectivity index (χ3n) is 4.44. The molecule has 0 spiro atoms. The highest BCUT2D eigenvalue weighted by Crippen LogP contribution is 2.42. The van der Waals surface area contributed by atoms with E-state index in [2.05, 4.69) is 9.97 Å². The predicted molar refractivity (Wildman–Crippen MR) is 106 cm³/mol. The molecule has 0 unspecified atom stereocenters. The Balaban J connectivity index is 1.90. The molecule has 1 aromatic carbocycles. The molecule has 7 nitrogen and oxygen atoms in total. The van der Waals surface area contributed by atoms with Crippen LogP contribution in [0, 0.1) is 6.92 Å². The van der Waals surface area contributed by atoms with Crippen LogP contribution in [0.4, 0.5) is 5.95 Å². The number of carbonyl (C=O) groups excluding carboxylic acids is 2. The van der Waals surface area contributed by atoms with Crippen molar-refractivity contribution in [3.05, 3.63) is 87.3 Å². The predicted octanol–water partition coefficient (Wildman–Crippen LogP) is 4.47. The van der Waals surface area contributed by atoms with E-state index in [1.54, 1.807) is 31.2 Å². The second kappa shape index (κ2) is 7.35. The van der Waals surface area contributed by atoms with Crippen LogP contribution in [-0.2, 0) is 4.79 Å². The first kappa shape index (κ1) is 19.2. The molecule has 0 bridgehead atoms. The first-order valence-corrected chi connectivity index (χ1v) is 9.24. The molecule has 3 heterocycles. The number of aliphatic hydroxyl groups excluding tert-OH is 1. The van der Waals surface area contributed by atoms with Crippen molar-refractivity contribution in [1.82, 2.24) is 9.97 Å². The van der Waals surface area contributed by atoms with Crippen molar-refractivity contribution in [1.29, 1.82) is 0 Å². The summed E-state index contributed by atoms with van der Waals surface area (Å²) in [6.07, 6.45) is 2.91. The Morgan fingerprint density at radius 1 is 1.14 bits per heavy atom. The lowest BCUT2D eigenvalue weighted by Gasteiger charge is -2.24. The number of rotatable bonds is 4. The van der Waals surface area contributed by atoms with Crippen LogP contribution in [0.5, 0.6) is 0 Å². The summed E-state index contributed by atoms with van der Waals surface area (Å²) >= 11 is 12.2. The largest absolute Gasteiger partial charge is 0.503 e. The Kier molecular flexibility index (Phi) is 4.86. The van der Waals surface area contributed by atoms with Crippen LogP contribution < -0.4 is 4.90 Å². The highest BCUT2D eigenvalue weighted by atomic mass is 35.5. The number of furan rings is 1. The summed E-state index contributed by atoms with van der Waals surface area (Å²) < 4.78 is 5.41. The number of aromatic nitrogens is 2. The van der Waals surface area contributed by atoms with Crippen molar-refractivity contribution >= 4 is 40.8 Å². The van der Waals surface area contributed by atoms with Crippen molar-refractivity contribution in [2.75, 3.05) is 4.90 Å². The lowest BCUT2D eigenvalue weighted by atomic mass is 9.95. The molecule has 0 saturated carbocycles. The van der Waals surface area contributed by atoms with Gasteiger partial charge in [0, 0.05) is 12.4 Å². The maximum atomic E-state index is 13.1. The van der Waals surface area contributed by atoms with E-state index in [1.807, 2.05) is 0 Å². The van der Waals surface area contributed by atoms with Crippen LogP contribution in [0.2, 0.25) is 10.0 Å². The second-order valence-corrected chi connectivity index (χ2v) is 7.12. The topological polar surface area (TPSA) is 96.5 Å². The molecular formula is C20H13Cl2N3O4. The van der Waals surface area contributed by atoms with Gasteiger partial charge < -0.3 is 9.52 Å². The molecule has 0 aliphatic carbocycles. The van der Waals surface area contributed by atoms with Gasteiger partial charge in [0.05, 0.1) is 21.7 Å². The quantitative estimate of drug-likeness (QED) is 0.614. The molecule has 0 saturated heterocycles. The summed E-state index contributed by atoms with van der Waals surface area (Å²) in [7, 11) is 0. The Hall–Kier alpha value is -3.16. The van der Waals surface area contributed by atoms with E-state index in [9.17, 15) is 14.7 Å². The lowest BCUT2D eigenvalue weighted by Crippen LogP contribution is -2.32. The fraction of sp³-hybridized carbons (Fsp3) is 0.100. The number of anilines is 1. The fourth-order valence-corrected chi connectivity index (χ4v) is 3.45. The van der Waals surface area contributed by atoms with Gasteiger partial charge in [-0.15, -0.1) is 0 Å². The number of halogens is 2. The summed E-state index contributed by atoms with van der Waals surface area (Å²) in [6.45, 7) is 1.69. The summed E-state index contributed by atoms with van der Waals surface area (Å²) in [5.41, 5.74) is 0.297. The monoisotopic (exact) mass is 429 g/mol. The molecule has 1 N–H and O–H groups in total. The Bertz CT molecular complexity index is 1160. The standard InChI is InChI=1S/C20H13Cl2N3O4/c1-10-3-6-14(29-10)17(26)15-16(11-4-5-12(21)13(22)9-11)25(19(28)18(15)27)20-23-7-2-8-24-20/h2-9,16,27H,1H3/t16-/m1/s1. The number of hydrogen-bond donors (Lipinski definition) is 1. The van der Waals surface area contributed by atoms with E-state index in [1.165, 1.54) is 24.5 Å². The van der Waals surface area contributed by atoms with Crippen LogP contribution >= 0.6 is 23.2 Å². The zero-order valence-electron chi connectivity index (χ0n) is 15.0. The summed E-state index contributed by atoms with van der Waals surface area (Å²) in [5.74, 6) is -1.59. The first-order valence-electron chi connectivity index (χ1n) is 8.48. The number of hydrogen-bond acceptors (Lipinski definition) is 6. The van der Waals surface area contributed by atoms with Crippen LogP contribution in [0.1, 0.15) is 27.9 Å². The number of carbonyl (C=O) groups is 2. The van der Waals surface area contributed by atoms with Gasteiger partial charge in [0.25, 0.3) is 5.91 Å². The SMILES string of the molecule is Cc1ccc(C(=O)C2=C(O)C(=O)N(c3ncccn3)[C@@H]2c2ccc(Cl)c(Cl)c2)o1. The van der Waals surface area contributed by atoms with E-state index in [4.69, 9.17) is 27.6 Å². The molecule has 0 fully saturated rings. The molecule has 1 amide bonds. The van der Waals surface area contributed by atoms with E-state index >= 15 is 0 Å². The van der Waals surface area contributed by atoms with E-state index in [0.717, 1.165) is 4.90 Å². The second-order valence-electron chi connectivity index (χ2n) is 6.30. The molecule has 1 atom stereocenters. The maximum absolute atomic E-state index is 13.1. The average molecular weight is 430 g/mol. The minimum atomic E-state index is -1.02. The van der Waals surface area contributed by atoms with Gasteiger partial charge in [-0.05, 0) is 42.8 Å². The minimum Gasteiger partial charge on any atom is -0.503 e. The van der Waals surface area contributed by atoms with Gasteiger partial charge >= 0.3 is 0 Å². The molecule has 1 aliphatic rings. The molecule has 29 heavy (non-hydrogen) atoms. The molecule has 9 heteroatoms. The van der Waals surface area contributed by atoms with Gasteiger partial charge in [-0.3, -0.25) is 14.5 Å². The Labute approximate surface area is 175 Å². The van der Waals surface area contributed by atoms with Gasteiger partial charge in [-0.25, -0.2) is 9.97 Å². The number of amides is 1. The number of ketones is 1. The third kappa shape index (κ3) is 3.28. The van der Waals surface area contributed by atoms with Crippen molar-refractivity contribution in [3.8, 4) is 0 Å². The van der Waals surface area contributed by atoms with E-state index in [-0.39, 0.29) is 22.3 Å². The van der Waals surface area contributed by atoms with Crippen LogP contribution in [-0.4, -0.2) is 26.8 Å². The molecule has 2 aromatic heterocycles. The lowest BCUT2D eigenvalue weighted by molar-refractivity contribution is -0.117. The van der Waals surface area contributed by atoms with Gasteiger partial charge in [0.1, 0.15) is 5.76 Å². The highest BCUT2D eigenvalue weighted by molar-refractivity contribution is 6.42. The van der Waals surface area contributed by atoms with Crippen molar-refractivity contribution in [3.63, 3.8) is 0 Å². The van der Waals surface area contributed by atoms with E-state index in [0.29, 0.717) is 16.3 Å². The number of aryl methyl sites for hydroxylation is 1. The van der Waals surface area contributed by atoms with Crippen LogP contribution in [0.25, 0.3) is 0 Å². The molecular weight excluding hydrogens is 417 g/mol. The van der Waals surface area contributed by atoms with Crippen LogP contribution in [0.3, 0.4) is 0 Å². The first-order chi connectivity index (χ1) is 13.9. The minimum absolute atomic E-state index is 0.00209. The van der Waals surface area contributed by atoms with Gasteiger partial charge in [0.2, 0.25) is 11.7 Å². The van der Waals surface area contributed by atoms with Crippen molar-refractivity contribution in [2.24, 2.45) is 0 Å². The smallest absolute Gasteiger partial charge is 0.296 e. The molecule has 1 aliphatic heterocycles. The van der Waals surface area contributed by atoms with Crippen molar-refractivity contribution in [2.45, 2.75) is 13.0 Å². The van der Waals surface area contributed by atoms with Gasteiger partial charge in [-0.2, -0.15) is 0 Å². The molecule has 146 valence electrons. The normalized spacial score (nSPS) is 16.6. The van der Waals surface area contributed by atoms with E-state index < -0.39 is 23.5 Å². The zero-order valence-corrected chi connectivity index (χ0v) is 16.5. The number of nitrogens with zero attached hydrogens (tertiary/aromatic N) is 3. The molecule has 3 aromatic rings. The van der Waals surface area contributed by atoms with Gasteiger partial charge in [0.15, 0.2) is 11.5 Å². The fourth-order valence-electron chi connectivity index (χ4n) is 3.15. The maximum Gasteiger partial charge on any atom is 0.296 e.